The van der Waals surface area contributed by atoms with Gasteiger partial charge in [-0.1, -0.05) is 6.92 Å². The van der Waals surface area contributed by atoms with Gasteiger partial charge in [0.05, 0.1) is 24.9 Å². The van der Waals surface area contributed by atoms with Gasteiger partial charge in [0, 0.05) is 5.69 Å². The van der Waals surface area contributed by atoms with Crippen LogP contribution < -0.4 is 5.32 Å². The van der Waals surface area contributed by atoms with Crippen molar-refractivity contribution >= 4 is 11.6 Å². The first-order valence-electron chi connectivity index (χ1n) is 8.91. The van der Waals surface area contributed by atoms with Crippen molar-refractivity contribution in [2.75, 3.05) is 18.4 Å². The summed E-state index contributed by atoms with van der Waals surface area (Å²) in [5.74, 6) is 0.664. The van der Waals surface area contributed by atoms with Crippen molar-refractivity contribution in [3.05, 3.63) is 54.1 Å². The molecule has 1 N–H and O–H groups in total. The number of furan rings is 1. The third-order valence-electron chi connectivity index (χ3n) is 3.96. The predicted molar refractivity (Wildman–Crippen MR) is 97.6 cm³/mol. The monoisotopic (exact) mass is 408 g/mol. The fourth-order valence-electron chi connectivity index (χ4n) is 2.69. The molecule has 1 aromatic carbocycles. The van der Waals surface area contributed by atoms with E-state index < -0.39 is 11.7 Å². The molecule has 0 aliphatic carbocycles. The van der Waals surface area contributed by atoms with Crippen molar-refractivity contribution < 1.29 is 26.8 Å². The summed E-state index contributed by atoms with van der Waals surface area (Å²) in [5.41, 5.74) is -0.482. The molecule has 0 bridgehead atoms. The second-order valence-electron chi connectivity index (χ2n) is 6.31. The Kier molecular flexibility index (Phi) is 6.32. The number of hydrogen-bond acceptors (Lipinski definition) is 6. The van der Waals surface area contributed by atoms with E-state index in [1.807, 2.05) is 6.92 Å². The third kappa shape index (κ3) is 5.67. The minimum atomic E-state index is -4.42. The Balaban J connectivity index is 1.59. The van der Waals surface area contributed by atoms with Crippen LogP contribution in [0.25, 0.3) is 11.7 Å². The van der Waals surface area contributed by atoms with Crippen LogP contribution in [0.1, 0.15) is 24.8 Å². The van der Waals surface area contributed by atoms with Gasteiger partial charge in [-0.15, -0.1) is 10.2 Å². The van der Waals surface area contributed by atoms with E-state index in [2.05, 4.69) is 15.5 Å². The molecule has 3 rings (SSSR count). The number of carbonyl (C=O) groups excluding carboxylic acids is 1. The Labute approximate surface area is 164 Å². The minimum Gasteiger partial charge on any atom is -0.459 e. The number of nitrogens with zero attached hydrogens (tertiary/aromatic N) is 3. The molecule has 2 aromatic heterocycles. The van der Waals surface area contributed by atoms with Crippen LogP contribution in [0.5, 0.6) is 0 Å². The summed E-state index contributed by atoms with van der Waals surface area (Å²) in [6.07, 6.45) is -2.14. The molecule has 1 amide bonds. The smallest absolute Gasteiger partial charge is 0.416 e. The first kappa shape index (κ1) is 20.6. The Bertz CT molecular complexity index is 921. The SMILES string of the molecule is CCCN(CC(=O)Nc1ccc(C(F)(F)F)cc1)Cc1nnc(-c2ccco2)o1. The lowest BCUT2D eigenvalue weighted by molar-refractivity contribution is -0.137. The summed E-state index contributed by atoms with van der Waals surface area (Å²) in [7, 11) is 0. The number of amides is 1. The maximum absolute atomic E-state index is 12.6. The quantitative estimate of drug-likeness (QED) is 0.601. The van der Waals surface area contributed by atoms with E-state index in [-0.39, 0.29) is 30.6 Å². The molecule has 3 aromatic rings. The van der Waals surface area contributed by atoms with Crippen molar-refractivity contribution in [1.82, 2.24) is 15.1 Å². The van der Waals surface area contributed by atoms with Crippen LogP contribution in [-0.4, -0.2) is 34.1 Å². The molecule has 7 nitrogen and oxygen atoms in total. The Hall–Kier alpha value is -3.14. The number of anilines is 1. The van der Waals surface area contributed by atoms with E-state index in [1.165, 1.54) is 18.4 Å². The number of rotatable bonds is 8. The van der Waals surface area contributed by atoms with Crippen LogP contribution in [0.3, 0.4) is 0 Å². The van der Waals surface area contributed by atoms with Gasteiger partial charge >= 0.3 is 6.18 Å². The normalized spacial score (nSPS) is 11.8. The summed E-state index contributed by atoms with van der Waals surface area (Å²) in [6.45, 7) is 2.83. The number of carbonyl (C=O) groups is 1. The molecule has 0 aliphatic rings. The van der Waals surface area contributed by atoms with E-state index in [0.717, 1.165) is 18.6 Å². The summed E-state index contributed by atoms with van der Waals surface area (Å²) in [5, 5.41) is 10.5. The number of nitrogens with one attached hydrogen (secondary N) is 1. The topological polar surface area (TPSA) is 84.4 Å². The van der Waals surface area contributed by atoms with Crippen LogP contribution in [-0.2, 0) is 17.5 Å². The molecule has 0 saturated heterocycles. The lowest BCUT2D eigenvalue weighted by Crippen LogP contribution is -2.33. The van der Waals surface area contributed by atoms with E-state index >= 15 is 0 Å². The van der Waals surface area contributed by atoms with Gasteiger partial charge in [-0.3, -0.25) is 9.69 Å². The van der Waals surface area contributed by atoms with Crippen LogP contribution >= 0.6 is 0 Å². The van der Waals surface area contributed by atoms with Gasteiger partial charge in [0.15, 0.2) is 5.76 Å². The number of aromatic nitrogens is 2. The van der Waals surface area contributed by atoms with Gasteiger partial charge in [0.2, 0.25) is 11.8 Å². The molecule has 0 saturated carbocycles. The zero-order chi connectivity index (χ0) is 20.9. The number of halogens is 3. The molecule has 0 spiro atoms. The Morgan fingerprint density at radius 2 is 1.93 bits per heavy atom. The molecule has 0 fully saturated rings. The fraction of sp³-hybridized carbons (Fsp3) is 0.316. The maximum atomic E-state index is 12.6. The molecule has 0 unspecified atom stereocenters. The van der Waals surface area contributed by atoms with Gasteiger partial charge in [-0.25, -0.2) is 0 Å². The summed E-state index contributed by atoms with van der Waals surface area (Å²) >= 11 is 0. The van der Waals surface area contributed by atoms with Gasteiger partial charge in [0.1, 0.15) is 0 Å². The Morgan fingerprint density at radius 1 is 1.17 bits per heavy atom. The first-order chi connectivity index (χ1) is 13.8. The van der Waals surface area contributed by atoms with Gasteiger partial charge in [-0.2, -0.15) is 13.2 Å². The summed E-state index contributed by atoms with van der Waals surface area (Å²) in [6, 6.07) is 7.69. The molecule has 10 heteroatoms. The third-order valence-corrected chi connectivity index (χ3v) is 3.96. The van der Waals surface area contributed by atoms with Crippen molar-refractivity contribution in [3.63, 3.8) is 0 Å². The molecular formula is C19H19F3N4O3. The molecule has 29 heavy (non-hydrogen) atoms. The highest BCUT2D eigenvalue weighted by atomic mass is 19.4. The highest BCUT2D eigenvalue weighted by Gasteiger charge is 2.30. The van der Waals surface area contributed by atoms with E-state index in [1.54, 1.807) is 17.0 Å². The minimum absolute atomic E-state index is 0.0212. The van der Waals surface area contributed by atoms with E-state index in [0.29, 0.717) is 18.2 Å². The number of alkyl halides is 3. The lowest BCUT2D eigenvalue weighted by atomic mass is 10.2. The number of hydrogen-bond donors (Lipinski definition) is 1. The fourth-order valence-corrected chi connectivity index (χ4v) is 2.69. The molecule has 0 atom stereocenters. The van der Waals surface area contributed by atoms with Gasteiger partial charge < -0.3 is 14.2 Å². The molecular weight excluding hydrogens is 389 g/mol. The van der Waals surface area contributed by atoms with Crippen molar-refractivity contribution in [2.45, 2.75) is 26.1 Å². The Morgan fingerprint density at radius 3 is 2.55 bits per heavy atom. The van der Waals surface area contributed by atoms with Crippen molar-refractivity contribution in [1.29, 1.82) is 0 Å². The van der Waals surface area contributed by atoms with Gasteiger partial charge in [-0.05, 0) is 49.4 Å². The van der Waals surface area contributed by atoms with Crippen LogP contribution in [0.15, 0.2) is 51.5 Å². The standard InChI is InChI=1S/C19H19F3N4O3/c1-2-9-26(12-17-24-25-18(29-17)15-4-3-10-28-15)11-16(27)23-14-7-5-13(6-8-14)19(20,21)22/h3-8,10H,2,9,11-12H2,1H3,(H,23,27). The second kappa shape index (κ2) is 8.91. The summed E-state index contributed by atoms with van der Waals surface area (Å²) < 4.78 is 48.6. The van der Waals surface area contributed by atoms with Crippen LogP contribution in [0.4, 0.5) is 18.9 Å². The van der Waals surface area contributed by atoms with Crippen molar-refractivity contribution in [3.8, 4) is 11.7 Å². The van der Waals surface area contributed by atoms with Crippen molar-refractivity contribution in [2.24, 2.45) is 0 Å². The average molecular weight is 408 g/mol. The number of benzene rings is 1. The zero-order valence-corrected chi connectivity index (χ0v) is 15.6. The zero-order valence-electron chi connectivity index (χ0n) is 15.6. The van der Waals surface area contributed by atoms with Gasteiger partial charge in [0.25, 0.3) is 5.89 Å². The second-order valence-corrected chi connectivity index (χ2v) is 6.31. The van der Waals surface area contributed by atoms with Crippen LogP contribution in [0.2, 0.25) is 0 Å². The maximum Gasteiger partial charge on any atom is 0.416 e. The molecule has 0 aliphatic heterocycles. The average Bonchev–Trinajstić information content (AvgIpc) is 3.33. The lowest BCUT2D eigenvalue weighted by Gasteiger charge is -2.19. The summed E-state index contributed by atoms with van der Waals surface area (Å²) in [4.78, 5) is 14.1. The highest BCUT2D eigenvalue weighted by molar-refractivity contribution is 5.92. The molecule has 0 radical (unpaired) electrons. The van der Waals surface area contributed by atoms with E-state index in [9.17, 15) is 18.0 Å². The van der Waals surface area contributed by atoms with Crippen LogP contribution in [0, 0.1) is 0 Å². The predicted octanol–water partition coefficient (Wildman–Crippen LogP) is 4.20. The highest BCUT2D eigenvalue weighted by Crippen LogP contribution is 2.29. The largest absolute Gasteiger partial charge is 0.459 e. The van der Waals surface area contributed by atoms with E-state index in [4.69, 9.17) is 8.83 Å². The first-order valence-corrected chi connectivity index (χ1v) is 8.91. The molecule has 2 heterocycles. The molecule has 154 valence electrons.